The Hall–Kier alpha value is -1.78. The van der Waals surface area contributed by atoms with Crippen LogP contribution in [0.5, 0.6) is 5.88 Å². The van der Waals surface area contributed by atoms with Gasteiger partial charge in [0.1, 0.15) is 5.60 Å². The maximum atomic E-state index is 12.0. The van der Waals surface area contributed by atoms with E-state index in [0.29, 0.717) is 37.4 Å². The molecule has 29 heavy (non-hydrogen) atoms. The number of likely N-dealkylation sites (tertiary alicyclic amines) is 1. The molecular weight excluding hydrogens is 485 g/mol. The fourth-order valence-electron chi connectivity index (χ4n) is 2.75. The Morgan fingerprint density at radius 3 is 2.69 bits per heavy atom. The molecule has 0 unspecified atom stereocenters. The van der Waals surface area contributed by atoms with Crippen LogP contribution in [0.1, 0.15) is 39.2 Å². The van der Waals surface area contributed by atoms with Crippen molar-refractivity contribution in [3.8, 4) is 5.88 Å². The second kappa shape index (κ2) is 10.3. The van der Waals surface area contributed by atoms with Gasteiger partial charge in [0.05, 0.1) is 12.6 Å². The zero-order valence-electron chi connectivity index (χ0n) is 17.6. The van der Waals surface area contributed by atoms with Crippen LogP contribution >= 0.6 is 24.0 Å². The number of pyridine rings is 1. The van der Waals surface area contributed by atoms with Gasteiger partial charge in [-0.15, -0.1) is 24.0 Å². The number of amides is 1. The van der Waals surface area contributed by atoms with Crippen molar-refractivity contribution >= 4 is 36.0 Å². The Morgan fingerprint density at radius 1 is 1.34 bits per heavy atom. The number of carbonyl (C=O) groups excluding carboxylic acids is 1. The number of carbonyl (C=O) groups is 1. The summed E-state index contributed by atoms with van der Waals surface area (Å²) in [7, 11) is 1.73. The summed E-state index contributed by atoms with van der Waals surface area (Å²) in [5.41, 5.74) is 0.603. The van der Waals surface area contributed by atoms with E-state index in [1.807, 2.05) is 32.9 Å². The van der Waals surface area contributed by atoms with Crippen LogP contribution in [0.2, 0.25) is 0 Å². The van der Waals surface area contributed by atoms with Gasteiger partial charge in [-0.05, 0) is 51.2 Å². The van der Waals surface area contributed by atoms with Gasteiger partial charge in [0, 0.05) is 38.9 Å². The Balaban J connectivity index is 0.00000300. The lowest BCUT2D eigenvalue weighted by Gasteiger charge is -2.40. The molecule has 1 saturated carbocycles. The lowest BCUT2D eigenvalue weighted by atomic mass is 10.1. The summed E-state index contributed by atoms with van der Waals surface area (Å²) >= 11 is 0. The topological polar surface area (TPSA) is 88.1 Å². The van der Waals surface area contributed by atoms with E-state index in [4.69, 9.17) is 9.47 Å². The van der Waals surface area contributed by atoms with E-state index in [1.165, 1.54) is 12.8 Å². The lowest BCUT2D eigenvalue weighted by Crippen LogP contribution is -2.63. The van der Waals surface area contributed by atoms with Gasteiger partial charge in [-0.2, -0.15) is 0 Å². The van der Waals surface area contributed by atoms with E-state index in [0.717, 1.165) is 12.2 Å². The average molecular weight is 517 g/mol. The molecule has 0 radical (unpaired) electrons. The van der Waals surface area contributed by atoms with E-state index < -0.39 is 5.60 Å². The largest absolute Gasteiger partial charge is 0.477 e. The molecule has 1 saturated heterocycles. The molecule has 2 fully saturated rings. The van der Waals surface area contributed by atoms with Gasteiger partial charge < -0.3 is 25.0 Å². The minimum Gasteiger partial charge on any atom is -0.477 e. The fraction of sp³-hybridized carbons (Fsp3) is 0.650. The van der Waals surface area contributed by atoms with Crippen LogP contribution in [0.25, 0.3) is 0 Å². The first-order valence-electron chi connectivity index (χ1n) is 9.85. The standard InChI is InChI=1S/C20H31N5O3.HI/c1-20(2,3)28-19(26)25-11-16(12-25)24-18(21-4)23-10-15-7-8-22-17(9-15)27-13-14-5-6-14;/h7-9,14,16H,5-6,10-13H2,1-4H3,(H2,21,23,24);1H. The van der Waals surface area contributed by atoms with Crippen LogP contribution in [-0.4, -0.2) is 60.3 Å². The molecule has 1 aliphatic heterocycles. The summed E-state index contributed by atoms with van der Waals surface area (Å²) in [5, 5.41) is 6.62. The predicted molar refractivity (Wildman–Crippen MR) is 123 cm³/mol. The van der Waals surface area contributed by atoms with Crippen LogP contribution in [0.4, 0.5) is 4.79 Å². The van der Waals surface area contributed by atoms with Crippen LogP contribution in [0, 0.1) is 5.92 Å². The molecule has 1 aromatic rings. The van der Waals surface area contributed by atoms with Gasteiger partial charge in [-0.25, -0.2) is 9.78 Å². The Morgan fingerprint density at radius 2 is 2.07 bits per heavy atom. The number of aliphatic imine (C=N–C) groups is 1. The van der Waals surface area contributed by atoms with Crippen molar-refractivity contribution in [2.24, 2.45) is 10.9 Å². The van der Waals surface area contributed by atoms with Crippen molar-refractivity contribution in [2.45, 2.75) is 51.8 Å². The third kappa shape index (κ3) is 7.87. The van der Waals surface area contributed by atoms with Crippen molar-refractivity contribution in [2.75, 3.05) is 26.7 Å². The molecule has 0 bridgehead atoms. The molecule has 3 rings (SSSR count). The highest BCUT2D eigenvalue weighted by Gasteiger charge is 2.34. The van der Waals surface area contributed by atoms with Gasteiger partial charge in [0.2, 0.25) is 5.88 Å². The second-order valence-corrected chi connectivity index (χ2v) is 8.41. The molecule has 0 aromatic carbocycles. The van der Waals surface area contributed by atoms with E-state index >= 15 is 0 Å². The molecule has 8 nitrogen and oxygen atoms in total. The van der Waals surface area contributed by atoms with E-state index in [1.54, 1.807) is 18.1 Å². The minimum absolute atomic E-state index is 0. The van der Waals surface area contributed by atoms with Crippen LogP contribution < -0.4 is 15.4 Å². The monoisotopic (exact) mass is 517 g/mol. The van der Waals surface area contributed by atoms with E-state index in [-0.39, 0.29) is 36.1 Å². The Kier molecular flexibility index (Phi) is 8.35. The number of halogens is 1. The minimum atomic E-state index is -0.473. The molecule has 2 aliphatic rings. The molecule has 162 valence electrons. The van der Waals surface area contributed by atoms with Gasteiger partial charge in [-0.1, -0.05) is 0 Å². The summed E-state index contributed by atoms with van der Waals surface area (Å²) < 4.78 is 11.1. The number of hydrogen-bond donors (Lipinski definition) is 2. The molecule has 0 atom stereocenters. The summed E-state index contributed by atoms with van der Waals surface area (Å²) in [5.74, 6) is 2.07. The van der Waals surface area contributed by atoms with E-state index in [2.05, 4.69) is 20.6 Å². The number of hydrogen-bond acceptors (Lipinski definition) is 5. The molecule has 2 heterocycles. The quantitative estimate of drug-likeness (QED) is 0.343. The first-order chi connectivity index (χ1) is 13.3. The molecule has 2 N–H and O–H groups in total. The molecule has 1 aromatic heterocycles. The zero-order chi connectivity index (χ0) is 20.1. The normalized spacial score (nSPS) is 17.1. The smallest absolute Gasteiger partial charge is 0.410 e. The zero-order valence-corrected chi connectivity index (χ0v) is 19.9. The highest BCUT2D eigenvalue weighted by molar-refractivity contribution is 14.0. The second-order valence-electron chi connectivity index (χ2n) is 8.41. The SMILES string of the molecule is CN=C(NCc1ccnc(OCC2CC2)c1)NC1CN(C(=O)OC(C)(C)C)C1.I. The van der Waals surface area contributed by atoms with Crippen molar-refractivity contribution in [1.29, 1.82) is 0 Å². The number of guanidine groups is 1. The number of ether oxygens (including phenoxy) is 2. The summed E-state index contributed by atoms with van der Waals surface area (Å²) in [6, 6.07) is 4.07. The van der Waals surface area contributed by atoms with Crippen LogP contribution in [0.15, 0.2) is 23.3 Å². The predicted octanol–water partition coefficient (Wildman–Crippen LogP) is 2.77. The molecular formula is C20H32IN5O3. The summed E-state index contributed by atoms with van der Waals surface area (Å²) in [4.78, 5) is 22.2. The highest BCUT2D eigenvalue weighted by atomic mass is 127. The maximum absolute atomic E-state index is 12.0. The molecule has 1 aliphatic carbocycles. The third-order valence-electron chi connectivity index (χ3n) is 4.52. The van der Waals surface area contributed by atoms with Crippen molar-refractivity contribution in [1.82, 2.24) is 20.5 Å². The Labute approximate surface area is 189 Å². The highest BCUT2D eigenvalue weighted by Crippen LogP contribution is 2.29. The van der Waals surface area contributed by atoms with E-state index in [9.17, 15) is 4.79 Å². The molecule has 0 spiro atoms. The average Bonchev–Trinajstić information content (AvgIpc) is 3.41. The molecule has 9 heteroatoms. The fourth-order valence-corrected chi connectivity index (χ4v) is 2.75. The van der Waals surface area contributed by atoms with Crippen molar-refractivity contribution < 1.29 is 14.3 Å². The maximum Gasteiger partial charge on any atom is 0.410 e. The van der Waals surface area contributed by atoms with Gasteiger partial charge >= 0.3 is 6.09 Å². The first-order valence-corrected chi connectivity index (χ1v) is 9.85. The van der Waals surface area contributed by atoms with Crippen LogP contribution in [0.3, 0.4) is 0 Å². The number of aromatic nitrogens is 1. The third-order valence-corrected chi connectivity index (χ3v) is 4.52. The number of nitrogens with zero attached hydrogens (tertiary/aromatic N) is 3. The van der Waals surface area contributed by atoms with Gasteiger partial charge in [0.25, 0.3) is 0 Å². The Bertz CT molecular complexity index is 712. The summed E-state index contributed by atoms with van der Waals surface area (Å²) in [6.45, 7) is 8.18. The first kappa shape index (κ1) is 23.5. The van der Waals surface area contributed by atoms with Crippen molar-refractivity contribution in [3.63, 3.8) is 0 Å². The molecule has 1 amide bonds. The summed E-state index contributed by atoms with van der Waals surface area (Å²) in [6.07, 6.45) is 4.01. The number of nitrogens with one attached hydrogen (secondary N) is 2. The number of rotatable bonds is 6. The van der Waals surface area contributed by atoms with Crippen LogP contribution in [-0.2, 0) is 11.3 Å². The van der Waals surface area contributed by atoms with Crippen molar-refractivity contribution in [3.05, 3.63) is 23.9 Å². The van der Waals surface area contributed by atoms with Gasteiger partial charge in [0.15, 0.2) is 5.96 Å². The lowest BCUT2D eigenvalue weighted by molar-refractivity contribution is 0.00701. The van der Waals surface area contributed by atoms with Gasteiger partial charge in [-0.3, -0.25) is 4.99 Å².